The van der Waals surface area contributed by atoms with Crippen LogP contribution in [-0.2, 0) is 0 Å². The number of carbonyl (C=O) groups excluding carboxylic acids is 1. The van der Waals surface area contributed by atoms with E-state index < -0.39 is 10.8 Å². The van der Waals surface area contributed by atoms with Crippen LogP contribution in [0.2, 0.25) is 0 Å². The van der Waals surface area contributed by atoms with Crippen LogP contribution in [-0.4, -0.2) is 37.3 Å². The monoisotopic (exact) mass is 405 g/mol. The lowest BCUT2D eigenvalue weighted by Gasteiger charge is -2.14. The fraction of sp³-hybridized carbons (Fsp3) is 0.222. The Morgan fingerprint density at radius 3 is 2.18 bits per heavy atom. The summed E-state index contributed by atoms with van der Waals surface area (Å²) in [6.45, 7) is 1.74. The number of carbonyl (C=O) groups is 1. The summed E-state index contributed by atoms with van der Waals surface area (Å²) < 4.78 is 15.6. The number of methoxy groups -OCH3 is 3. The van der Waals surface area contributed by atoms with Gasteiger partial charge in [0.05, 0.1) is 26.3 Å². The third kappa shape index (κ3) is 4.65. The van der Waals surface area contributed by atoms with Crippen molar-refractivity contribution in [1.82, 2.24) is 5.32 Å². The van der Waals surface area contributed by atoms with Crippen LogP contribution in [0.15, 0.2) is 30.3 Å². The molecule has 28 heavy (non-hydrogen) atoms. The first-order chi connectivity index (χ1) is 13.3. The molecule has 0 aromatic heterocycles. The fourth-order valence-corrected chi connectivity index (χ4v) is 2.64. The molecule has 0 atom stereocenters. The predicted molar refractivity (Wildman–Crippen MR) is 108 cm³/mol. The first-order valence-corrected chi connectivity index (χ1v) is 8.39. The number of thiocarbonyl (C=S) groups is 1. The molecule has 0 aliphatic heterocycles. The summed E-state index contributed by atoms with van der Waals surface area (Å²) in [4.78, 5) is 23.2. The van der Waals surface area contributed by atoms with Gasteiger partial charge < -0.3 is 19.5 Å². The van der Waals surface area contributed by atoms with E-state index in [4.69, 9.17) is 26.4 Å². The van der Waals surface area contributed by atoms with Crippen LogP contribution < -0.4 is 24.8 Å². The molecule has 0 unspecified atom stereocenters. The van der Waals surface area contributed by atoms with Gasteiger partial charge in [0, 0.05) is 11.6 Å². The largest absolute Gasteiger partial charge is 0.493 e. The average molecular weight is 405 g/mol. The van der Waals surface area contributed by atoms with Crippen molar-refractivity contribution in [3.8, 4) is 17.2 Å². The quantitative estimate of drug-likeness (QED) is 0.428. The van der Waals surface area contributed by atoms with E-state index >= 15 is 0 Å². The Labute approximate surface area is 166 Å². The highest BCUT2D eigenvalue weighted by molar-refractivity contribution is 7.80. The first kappa shape index (κ1) is 20.9. The van der Waals surface area contributed by atoms with Gasteiger partial charge in [0.2, 0.25) is 5.75 Å². The lowest BCUT2D eigenvalue weighted by molar-refractivity contribution is -0.383. The van der Waals surface area contributed by atoms with E-state index in [0.717, 1.165) is 5.56 Å². The maximum atomic E-state index is 12.5. The summed E-state index contributed by atoms with van der Waals surface area (Å²) in [6.07, 6.45) is 0. The van der Waals surface area contributed by atoms with Crippen LogP contribution in [0, 0.1) is 17.0 Å². The number of nitro benzene ring substituents is 1. The van der Waals surface area contributed by atoms with Gasteiger partial charge in [-0.25, -0.2) is 0 Å². The van der Waals surface area contributed by atoms with Gasteiger partial charge in [-0.1, -0.05) is 6.07 Å². The van der Waals surface area contributed by atoms with E-state index in [-0.39, 0.29) is 22.1 Å². The van der Waals surface area contributed by atoms with Crippen LogP contribution in [0.3, 0.4) is 0 Å². The number of hydrogen-bond donors (Lipinski definition) is 2. The van der Waals surface area contributed by atoms with Crippen molar-refractivity contribution in [2.45, 2.75) is 6.92 Å². The lowest BCUT2D eigenvalue weighted by atomic mass is 10.1. The molecule has 1 amide bonds. The Morgan fingerprint density at radius 1 is 1.07 bits per heavy atom. The molecule has 0 aliphatic carbocycles. The minimum atomic E-state index is -0.550. The highest BCUT2D eigenvalue weighted by Crippen LogP contribution is 2.38. The van der Waals surface area contributed by atoms with Crippen molar-refractivity contribution < 1.29 is 23.9 Å². The second kappa shape index (κ2) is 9.00. The molecule has 148 valence electrons. The topological polar surface area (TPSA) is 112 Å². The zero-order valence-corrected chi connectivity index (χ0v) is 16.5. The summed E-state index contributed by atoms with van der Waals surface area (Å²) in [6, 6.07) is 7.55. The summed E-state index contributed by atoms with van der Waals surface area (Å²) in [7, 11) is 4.32. The minimum Gasteiger partial charge on any atom is -0.493 e. The molecule has 0 aliphatic rings. The van der Waals surface area contributed by atoms with Crippen LogP contribution in [0.4, 0.5) is 11.4 Å². The van der Waals surface area contributed by atoms with Gasteiger partial charge in [-0.15, -0.1) is 0 Å². The van der Waals surface area contributed by atoms with Crippen LogP contribution in [0.25, 0.3) is 0 Å². The van der Waals surface area contributed by atoms with Crippen LogP contribution in [0.5, 0.6) is 17.2 Å². The molecule has 0 fully saturated rings. The van der Waals surface area contributed by atoms with Crippen LogP contribution in [0.1, 0.15) is 15.9 Å². The van der Waals surface area contributed by atoms with E-state index in [2.05, 4.69) is 10.6 Å². The Balaban J connectivity index is 2.22. The SMILES string of the molecule is COc1cc(C(=O)NC(=S)Nc2ccc(C)cc2[N+](=O)[O-])cc(OC)c1OC. The first-order valence-electron chi connectivity index (χ1n) is 7.98. The number of hydrogen-bond acceptors (Lipinski definition) is 7. The van der Waals surface area contributed by atoms with Gasteiger partial charge in [-0.2, -0.15) is 0 Å². The maximum absolute atomic E-state index is 12.5. The molecule has 0 bridgehead atoms. The molecule has 2 rings (SSSR count). The third-order valence-corrected chi connectivity index (χ3v) is 3.96. The molecule has 9 nitrogen and oxygen atoms in total. The molecule has 0 heterocycles. The number of aryl methyl sites for hydroxylation is 1. The van der Waals surface area contributed by atoms with Gasteiger partial charge in [0.15, 0.2) is 16.6 Å². The van der Waals surface area contributed by atoms with Gasteiger partial charge in [-0.05, 0) is 42.9 Å². The standard InChI is InChI=1S/C18H19N3O6S/c1-10-5-6-12(13(7-10)21(23)24)19-18(28)20-17(22)11-8-14(25-2)16(27-4)15(9-11)26-3/h5-9H,1-4H3,(H2,19,20,22,28). The number of nitrogens with zero attached hydrogens (tertiary/aromatic N) is 1. The molecule has 2 N–H and O–H groups in total. The Kier molecular flexibility index (Phi) is 6.72. The molecule has 2 aromatic rings. The van der Waals surface area contributed by atoms with E-state index in [9.17, 15) is 14.9 Å². The van der Waals surface area contributed by atoms with Crippen molar-refractivity contribution in [3.63, 3.8) is 0 Å². The molecule has 0 spiro atoms. The van der Waals surface area contributed by atoms with Gasteiger partial charge in [0.1, 0.15) is 5.69 Å². The van der Waals surface area contributed by atoms with Gasteiger partial charge >= 0.3 is 0 Å². The summed E-state index contributed by atoms with van der Waals surface area (Å²) >= 11 is 5.11. The number of amides is 1. The highest BCUT2D eigenvalue weighted by Gasteiger charge is 2.19. The Bertz CT molecular complexity index is 907. The van der Waals surface area contributed by atoms with E-state index in [1.165, 1.54) is 45.6 Å². The van der Waals surface area contributed by atoms with Gasteiger partial charge in [0.25, 0.3) is 11.6 Å². The number of anilines is 1. The van der Waals surface area contributed by atoms with E-state index in [1.54, 1.807) is 13.0 Å². The zero-order chi connectivity index (χ0) is 20.8. The minimum absolute atomic E-state index is 0.0919. The van der Waals surface area contributed by atoms with E-state index in [1.807, 2.05) is 0 Å². The van der Waals surface area contributed by atoms with Crippen molar-refractivity contribution in [2.75, 3.05) is 26.6 Å². The summed E-state index contributed by atoms with van der Waals surface area (Å²) in [5.74, 6) is 0.407. The average Bonchev–Trinajstić information content (AvgIpc) is 2.67. The maximum Gasteiger partial charge on any atom is 0.292 e. The normalized spacial score (nSPS) is 10.0. The summed E-state index contributed by atoms with van der Waals surface area (Å²) in [5, 5.41) is 16.2. The molecule has 0 saturated heterocycles. The van der Waals surface area contributed by atoms with Crippen LogP contribution >= 0.6 is 12.2 Å². The molecular weight excluding hydrogens is 386 g/mol. The van der Waals surface area contributed by atoms with E-state index in [0.29, 0.717) is 17.2 Å². The number of nitro groups is 1. The van der Waals surface area contributed by atoms with Gasteiger partial charge in [-0.3, -0.25) is 20.2 Å². The van der Waals surface area contributed by atoms with Crippen molar-refractivity contribution in [1.29, 1.82) is 0 Å². The van der Waals surface area contributed by atoms with Crippen molar-refractivity contribution in [2.24, 2.45) is 0 Å². The predicted octanol–water partition coefficient (Wildman–Crippen LogP) is 3.06. The number of nitrogens with one attached hydrogen (secondary N) is 2. The second-order valence-electron chi connectivity index (χ2n) is 5.60. The lowest BCUT2D eigenvalue weighted by Crippen LogP contribution is -2.34. The molecule has 0 radical (unpaired) electrons. The number of benzene rings is 2. The molecule has 10 heteroatoms. The molecule has 0 saturated carbocycles. The zero-order valence-electron chi connectivity index (χ0n) is 15.7. The molecule has 2 aromatic carbocycles. The smallest absolute Gasteiger partial charge is 0.292 e. The van der Waals surface area contributed by atoms with Crippen molar-refractivity contribution in [3.05, 3.63) is 51.6 Å². The third-order valence-electron chi connectivity index (χ3n) is 3.75. The second-order valence-corrected chi connectivity index (χ2v) is 6.01. The number of rotatable bonds is 6. The Hall–Kier alpha value is -3.40. The van der Waals surface area contributed by atoms with Crippen molar-refractivity contribution >= 4 is 34.6 Å². The summed E-state index contributed by atoms with van der Waals surface area (Å²) in [5.41, 5.74) is 0.955. The number of ether oxygens (including phenoxy) is 3. The Morgan fingerprint density at radius 2 is 1.68 bits per heavy atom. The molecular formula is C18H19N3O6S. The fourth-order valence-electron chi connectivity index (χ4n) is 2.44. The highest BCUT2D eigenvalue weighted by atomic mass is 32.1.